The van der Waals surface area contributed by atoms with E-state index in [2.05, 4.69) is 9.88 Å². The van der Waals surface area contributed by atoms with Gasteiger partial charge in [-0.3, -0.25) is 9.69 Å². The Morgan fingerprint density at radius 3 is 2.75 bits per heavy atom. The van der Waals surface area contributed by atoms with Crippen molar-refractivity contribution in [2.75, 3.05) is 32.8 Å². The van der Waals surface area contributed by atoms with Crippen LogP contribution in [0.1, 0.15) is 5.01 Å². The van der Waals surface area contributed by atoms with Crippen LogP contribution in [0, 0.1) is 5.82 Å². The number of hydrogen-bond acceptors (Lipinski definition) is 6. The Hall–Kier alpha value is -2.71. The smallest absolute Gasteiger partial charge is 0.260 e. The third kappa shape index (κ3) is 4.40. The first-order valence-corrected chi connectivity index (χ1v) is 9.93. The van der Waals surface area contributed by atoms with Gasteiger partial charge >= 0.3 is 0 Å². The molecule has 3 aromatic rings. The lowest BCUT2D eigenvalue weighted by Crippen LogP contribution is -2.49. The molecule has 1 amide bonds. The van der Waals surface area contributed by atoms with Crippen LogP contribution in [-0.4, -0.2) is 53.5 Å². The molecule has 0 spiro atoms. The lowest BCUT2D eigenvalue weighted by molar-refractivity contribution is -0.135. The van der Waals surface area contributed by atoms with E-state index in [1.165, 1.54) is 12.1 Å². The molecule has 1 aromatic carbocycles. The second-order valence-corrected chi connectivity index (χ2v) is 7.42. The summed E-state index contributed by atoms with van der Waals surface area (Å²) < 4.78 is 24.3. The number of thiazole rings is 1. The number of piperazine rings is 1. The molecule has 146 valence electrons. The van der Waals surface area contributed by atoms with Crippen molar-refractivity contribution >= 4 is 17.2 Å². The number of amides is 1. The Morgan fingerprint density at radius 1 is 1.18 bits per heavy atom. The summed E-state index contributed by atoms with van der Waals surface area (Å²) in [5, 5.41) is 3.02. The third-order valence-electron chi connectivity index (χ3n) is 4.60. The number of halogens is 1. The van der Waals surface area contributed by atoms with Gasteiger partial charge < -0.3 is 14.1 Å². The summed E-state index contributed by atoms with van der Waals surface area (Å²) in [6.45, 7) is 3.37. The van der Waals surface area contributed by atoms with Gasteiger partial charge in [-0.25, -0.2) is 9.37 Å². The Labute approximate surface area is 166 Å². The zero-order valence-electron chi connectivity index (χ0n) is 15.2. The van der Waals surface area contributed by atoms with Crippen LogP contribution in [0.15, 0.2) is 52.5 Å². The minimum atomic E-state index is -0.461. The number of ether oxygens (including phenoxy) is 1. The number of nitrogens with zero attached hydrogens (tertiary/aromatic N) is 3. The largest absolute Gasteiger partial charge is 0.481 e. The van der Waals surface area contributed by atoms with Crippen molar-refractivity contribution in [3.8, 4) is 17.2 Å². The number of rotatable bonds is 6. The zero-order chi connectivity index (χ0) is 19.3. The summed E-state index contributed by atoms with van der Waals surface area (Å²) in [4.78, 5) is 21.0. The van der Waals surface area contributed by atoms with Crippen LogP contribution in [0.25, 0.3) is 11.5 Å². The summed E-state index contributed by atoms with van der Waals surface area (Å²) >= 11 is 1.61. The first-order valence-electron chi connectivity index (χ1n) is 9.05. The summed E-state index contributed by atoms with van der Waals surface area (Å²) in [7, 11) is 0. The van der Waals surface area contributed by atoms with Crippen molar-refractivity contribution in [2.24, 2.45) is 0 Å². The molecule has 28 heavy (non-hydrogen) atoms. The van der Waals surface area contributed by atoms with Gasteiger partial charge in [-0.05, 0) is 24.3 Å². The Bertz CT molecular complexity index is 920. The highest BCUT2D eigenvalue weighted by Gasteiger charge is 2.22. The van der Waals surface area contributed by atoms with Gasteiger partial charge in [0.1, 0.15) is 10.7 Å². The van der Waals surface area contributed by atoms with E-state index >= 15 is 0 Å². The molecule has 8 heteroatoms. The van der Waals surface area contributed by atoms with E-state index in [0.29, 0.717) is 13.1 Å². The second kappa shape index (κ2) is 8.53. The molecule has 0 bridgehead atoms. The maximum absolute atomic E-state index is 13.6. The first kappa shape index (κ1) is 18.6. The highest BCUT2D eigenvalue weighted by molar-refractivity contribution is 7.09. The van der Waals surface area contributed by atoms with Gasteiger partial charge in [0.25, 0.3) is 5.91 Å². The number of carbonyl (C=O) groups excluding carboxylic acids is 1. The fraction of sp³-hybridized carbons (Fsp3) is 0.300. The highest BCUT2D eigenvalue weighted by atomic mass is 32.1. The monoisotopic (exact) mass is 401 g/mol. The Morgan fingerprint density at radius 2 is 2.00 bits per heavy atom. The maximum Gasteiger partial charge on any atom is 0.260 e. The fourth-order valence-electron chi connectivity index (χ4n) is 3.06. The zero-order valence-corrected chi connectivity index (χ0v) is 16.0. The van der Waals surface area contributed by atoms with E-state index in [9.17, 15) is 9.18 Å². The van der Waals surface area contributed by atoms with E-state index in [1.807, 2.05) is 17.5 Å². The molecule has 1 aliphatic heterocycles. The summed E-state index contributed by atoms with van der Waals surface area (Å²) in [5.41, 5.74) is 0.851. The van der Waals surface area contributed by atoms with E-state index < -0.39 is 5.82 Å². The molecular weight excluding hydrogens is 381 g/mol. The van der Waals surface area contributed by atoms with E-state index in [-0.39, 0.29) is 18.3 Å². The predicted molar refractivity (Wildman–Crippen MR) is 104 cm³/mol. The second-order valence-electron chi connectivity index (χ2n) is 6.48. The minimum Gasteiger partial charge on any atom is -0.481 e. The number of benzene rings is 1. The van der Waals surface area contributed by atoms with Crippen LogP contribution < -0.4 is 4.74 Å². The van der Waals surface area contributed by atoms with Crippen LogP contribution in [0.2, 0.25) is 0 Å². The first-order chi connectivity index (χ1) is 13.7. The molecule has 0 unspecified atom stereocenters. The van der Waals surface area contributed by atoms with Crippen molar-refractivity contribution in [1.82, 2.24) is 14.8 Å². The van der Waals surface area contributed by atoms with E-state index in [1.54, 1.807) is 34.6 Å². The van der Waals surface area contributed by atoms with Crippen LogP contribution in [0.5, 0.6) is 5.75 Å². The molecule has 3 heterocycles. The molecule has 0 aliphatic carbocycles. The van der Waals surface area contributed by atoms with Gasteiger partial charge in [-0.2, -0.15) is 0 Å². The van der Waals surface area contributed by atoms with E-state index in [0.717, 1.165) is 36.1 Å². The Kier molecular flexibility index (Phi) is 5.68. The standard InChI is InChI=1S/C20H20FN3O3S/c21-15-4-1-2-5-17(15)27-13-20(25)24-9-7-23(8-10-24)12-19-22-16(14-28-19)18-6-3-11-26-18/h1-6,11,14H,7-10,12-13H2. The van der Waals surface area contributed by atoms with Crippen molar-refractivity contribution in [1.29, 1.82) is 0 Å². The van der Waals surface area contributed by atoms with Gasteiger partial charge in [-0.1, -0.05) is 12.1 Å². The molecule has 1 saturated heterocycles. The molecule has 6 nitrogen and oxygen atoms in total. The van der Waals surface area contributed by atoms with Gasteiger partial charge in [0.2, 0.25) is 0 Å². The molecule has 0 atom stereocenters. The number of aromatic nitrogens is 1. The van der Waals surface area contributed by atoms with Crippen molar-refractivity contribution in [2.45, 2.75) is 6.54 Å². The molecule has 1 aliphatic rings. The van der Waals surface area contributed by atoms with Crippen molar-refractivity contribution in [3.05, 3.63) is 58.9 Å². The number of furan rings is 1. The summed E-state index contributed by atoms with van der Waals surface area (Å²) in [6, 6.07) is 9.84. The van der Waals surface area contributed by atoms with Crippen LogP contribution in [0.4, 0.5) is 4.39 Å². The molecule has 0 saturated carbocycles. The number of carbonyl (C=O) groups is 1. The highest BCUT2D eigenvalue weighted by Crippen LogP contribution is 2.23. The molecule has 4 rings (SSSR count). The van der Waals surface area contributed by atoms with Crippen LogP contribution in [0.3, 0.4) is 0 Å². The minimum absolute atomic E-state index is 0.102. The SMILES string of the molecule is O=C(COc1ccccc1F)N1CCN(Cc2nc(-c3ccco3)cs2)CC1. The van der Waals surface area contributed by atoms with Crippen LogP contribution in [-0.2, 0) is 11.3 Å². The van der Waals surface area contributed by atoms with Crippen LogP contribution >= 0.6 is 11.3 Å². The van der Waals surface area contributed by atoms with E-state index in [4.69, 9.17) is 9.15 Å². The lowest BCUT2D eigenvalue weighted by atomic mass is 10.3. The summed E-state index contributed by atoms with van der Waals surface area (Å²) in [5.74, 6) is 0.285. The van der Waals surface area contributed by atoms with Gasteiger partial charge in [0.15, 0.2) is 23.9 Å². The lowest BCUT2D eigenvalue weighted by Gasteiger charge is -2.34. The molecule has 0 radical (unpaired) electrons. The molecule has 1 fully saturated rings. The van der Waals surface area contributed by atoms with Gasteiger partial charge in [0.05, 0.1) is 12.8 Å². The topological polar surface area (TPSA) is 58.8 Å². The maximum atomic E-state index is 13.6. The average molecular weight is 401 g/mol. The average Bonchev–Trinajstić information content (AvgIpc) is 3.39. The molecule has 2 aromatic heterocycles. The summed E-state index contributed by atoms with van der Waals surface area (Å²) in [6.07, 6.45) is 1.64. The molecule has 0 N–H and O–H groups in total. The quantitative estimate of drug-likeness (QED) is 0.635. The molecular formula is C20H20FN3O3S. The Balaban J connectivity index is 1.24. The van der Waals surface area contributed by atoms with Crippen molar-refractivity contribution < 1.29 is 18.3 Å². The fourth-order valence-corrected chi connectivity index (χ4v) is 3.88. The van der Waals surface area contributed by atoms with Gasteiger partial charge in [0, 0.05) is 31.6 Å². The normalized spacial score (nSPS) is 15.0. The number of para-hydroxylation sites is 1. The van der Waals surface area contributed by atoms with Crippen molar-refractivity contribution in [3.63, 3.8) is 0 Å². The predicted octanol–water partition coefficient (Wildman–Crippen LogP) is 3.27. The number of hydrogen-bond donors (Lipinski definition) is 0. The third-order valence-corrected chi connectivity index (χ3v) is 5.43. The van der Waals surface area contributed by atoms with Gasteiger partial charge in [-0.15, -0.1) is 11.3 Å².